The largest absolute Gasteiger partial charge is 0.339 e. The standard InChI is InChI=1S/C14H18N8/c1-3-19-5-7-21(13(19)15-1)11-9-17-12(18-10-11)22-8-6-20-4-2-16-14(20)22/h9-10H,1-8H2. The quantitative estimate of drug-likeness (QED) is 0.731. The molecule has 0 atom stereocenters. The first kappa shape index (κ1) is 12.2. The van der Waals surface area contributed by atoms with Crippen LogP contribution in [0, 0.1) is 0 Å². The summed E-state index contributed by atoms with van der Waals surface area (Å²) in [6.45, 7) is 7.78. The van der Waals surface area contributed by atoms with Gasteiger partial charge in [-0.15, -0.1) is 0 Å². The van der Waals surface area contributed by atoms with E-state index >= 15 is 0 Å². The molecule has 22 heavy (non-hydrogen) atoms. The second-order valence-electron chi connectivity index (χ2n) is 5.88. The van der Waals surface area contributed by atoms with Gasteiger partial charge in [0.1, 0.15) is 0 Å². The Hall–Kier alpha value is -2.38. The lowest BCUT2D eigenvalue weighted by Crippen LogP contribution is -2.32. The Balaban J connectivity index is 1.40. The van der Waals surface area contributed by atoms with E-state index in [0.717, 1.165) is 75.9 Å². The zero-order valence-corrected chi connectivity index (χ0v) is 12.4. The van der Waals surface area contributed by atoms with Crippen LogP contribution >= 0.6 is 0 Å². The van der Waals surface area contributed by atoms with Crippen LogP contribution in [0.5, 0.6) is 0 Å². The van der Waals surface area contributed by atoms with Crippen molar-refractivity contribution < 1.29 is 0 Å². The average molecular weight is 298 g/mol. The van der Waals surface area contributed by atoms with Crippen LogP contribution in [0.2, 0.25) is 0 Å². The van der Waals surface area contributed by atoms with Gasteiger partial charge in [0, 0.05) is 39.3 Å². The molecule has 2 saturated heterocycles. The summed E-state index contributed by atoms with van der Waals surface area (Å²) < 4.78 is 0. The lowest BCUT2D eigenvalue weighted by Gasteiger charge is -2.20. The monoisotopic (exact) mass is 298 g/mol. The molecular weight excluding hydrogens is 280 g/mol. The van der Waals surface area contributed by atoms with E-state index in [1.807, 2.05) is 12.4 Å². The maximum Gasteiger partial charge on any atom is 0.232 e. The molecule has 0 radical (unpaired) electrons. The van der Waals surface area contributed by atoms with Crippen molar-refractivity contribution in [3.63, 3.8) is 0 Å². The highest BCUT2D eigenvalue weighted by atomic mass is 15.5. The average Bonchev–Trinajstić information content (AvgIpc) is 3.28. The maximum atomic E-state index is 4.58. The number of fused-ring (bicyclic) bond motifs is 2. The van der Waals surface area contributed by atoms with Gasteiger partial charge in [0.15, 0.2) is 0 Å². The van der Waals surface area contributed by atoms with Crippen LogP contribution < -0.4 is 9.80 Å². The Morgan fingerprint density at radius 3 is 1.95 bits per heavy atom. The van der Waals surface area contributed by atoms with E-state index in [-0.39, 0.29) is 0 Å². The van der Waals surface area contributed by atoms with Gasteiger partial charge in [-0.2, -0.15) is 0 Å². The summed E-state index contributed by atoms with van der Waals surface area (Å²) >= 11 is 0. The fraction of sp³-hybridized carbons (Fsp3) is 0.571. The Morgan fingerprint density at radius 2 is 1.27 bits per heavy atom. The zero-order valence-electron chi connectivity index (χ0n) is 12.4. The van der Waals surface area contributed by atoms with Gasteiger partial charge in [-0.1, -0.05) is 0 Å². The molecule has 0 N–H and O–H groups in total. The van der Waals surface area contributed by atoms with Crippen molar-refractivity contribution in [2.24, 2.45) is 9.98 Å². The van der Waals surface area contributed by atoms with Crippen LogP contribution in [-0.2, 0) is 0 Å². The molecule has 114 valence electrons. The number of hydrogen-bond acceptors (Lipinski definition) is 8. The number of hydrogen-bond donors (Lipinski definition) is 0. The summed E-state index contributed by atoms with van der Waals surface area (Å²) in [6.07, 6.45) is 3.82. The van der Waals surface area contributed by atoms with Gasteiger partial charge in [0.05, 0.1) is 31.2 Å². The number of nitrogens with zero attached hydrogens (tertiary/aromatic N) is 8. The lowest BCUT2D eigenvalue weighted by atomic mass is 10.4. The minimum absolute atomic E-state index is 0.747. The molecule has 8 heteroatoms. The molecule has 5 rings (SSSR count). The fourth-order valence-electron chi connectivity index (χ4n) is 3.55. The molecular formula is C14H18N8. The van der Waals surface area contributed by atoms with Crippen LogP contribution in [0.4, 0.5) is 11.6 Å². The van der Waals surface area contributed by atoms with Crippen molar-refractivity contribution in [3.05, 3.63) is 12.4 Å². The fourth-order valence-corrected chi connectivity index (χ4v) is 3.55. The topological polar surface area (TPSA) is 63.5 Å². The van der Waals surface area contributed by atoms with Crippen molar-refractivity contribution in [2.45, 2.75) is 0 Å². The minimum atomic E-state index is 0.747. The predicted octanol–water partition coefficient (Wildman–Crippen LogP) is -0.540. The lowest BCUT2D eigenvalue weighted by molar-refractivity contribution is 0.503. The van der Waals surface area contributed by atoms with Crippen LogP contribution in [0.15, 0.2) is 22.4 Å². The Labute approximate surface area is 128 Å². The Morgan fingerprint density at radius 1 is 0.682 bits per heavy atom. The number of guanidine groups is 2. The van der Waals surface area contributed by atoms with Gasteiger partial charge in [0.2, 0.25) is 17.9 Å². The summed E-state index contributed by atoms with van der Waals surface area (Å²) in [5.74, 6) is 2.85. The molecule has 2 fully saturated rings. The van der Waals surface area contributed by atoms with E-state index in [9.17, 15) is 0 Å². The van der Waals surface area contributed by atoms with Crippen molar-refractivity contribution in [2.75, 3.05) is 62.2 Å². The summed E-state index contributed by atoms with van der Waals surface area (Å²) in [6, 6.07) is 0. The number of anilines is 2. The highest BCUT2D eigenvalue weighted by Crippen LogP contribution is 2.24. The predicted molar refractivity (Wildman–Crippen MR) is 84.5 cm³/mol. The van der Waals surface area contributed by atoms with Crippen LogP contribution in [0.3, 0.4) is 0 Å². The second-order valence-corrected chi connectivity index (χ2v) is 5.88. The van der Waals surface area contributed by atoms with Gasteiger partial charge in [0.25, 0.3) is 0 Å². The first-order chi connectivity index (χ1) is 10.9. The molecule has 4 aliphatic heterocycles. The summed E-state index contributed by atoms with van der Waals surface area (Å²) in [5, 5.41) is 0. The Kier molecular flexibility index (Phi) is 2.53. The van der Waals surface area contributed by atoms with E-state index in [0.29, 0.717) is 0 Å². The van der Waals surface area contributed by atoms with E-state index in [1.54, 1.807) is 0 Å². The van der Waals surface area contributed by atoms with Crippen molar-refractivity contribution in [3.8, 4) is 0 Å². The first-order valence-corrected chi connectivity index (χ1v) is 7.86. The molecule has 0 aliphatic carbocycles. The number of aromatic nitrogens is 2. The van der Waals surface area contributed by atoms with Crippen molar-refractivity contribution in [1.29, 1.82) is 0 Å². The minimum Gasteiger partial charge on any atom is -0.339 e. The van der Waals surface area contributed by atoms with E-state index < -0.39 is 0 Å². The van der Waals surface area contributed by atoms with Crippen molar-refractivity contribution >= 4 is 23.6 Å². The van der Waals surface area contributed by atoms with Crippen LogP contribution in [0.25, 0.3) is 0 Å². The third-order valence-corrected chi connectivity index (χ3v) is 4.66. The molecule has 1 aromatic heterocycles. The first-order valence-electron chi connectivity index (χ1n) is 7.86. The van der Waals surface area contributed by atoms with Crippen LogP contribution in [-0.4, -0.2) is 84.0 Å². The van der Waals surface area contributed by atoms with Gasteiger partial charge < -0.3 is 14.7 Å². The molecule has 0 unspecified atom stereocenters. The molecule has 0 amide bonds. The molecule has 0 spiro atoms. The second kappa shape index (κ2) is 4.56. The molecule has 0 aromatic carbocycles. The molecule has 0 bridgehead atoms. The molecule has 4 aliphatic rings. The van der Waals surface area contributed by atoms with E-state index in [4.69, 9.17) is 0 Å². The number of aliphatic imine (C=N–C) groups is 2. The molecule has 0 saturated carbocycles. The summed E-state index contributed by atoms with van der Waals surface area (Å²) in [7, 11) is 0. The van der Waals surface area contributed by atoms with Gasteiger partial charge in [-0.05, 0) is 0 Å². The highest BCUT2D eigenvalue weighted by Gasteiger charge is 2.33. The van der Waals surface area contributed by atoms with Crippen molar-refractivity contribution in [1.82, 2.24) is 19.8 Å². The molecule has 8 nitrogen and oxygen atoms in total. The van der Waals surface area contributed by atoms with Gasteiger partial charge in [-0.25, -0.2) is 9.97 Å². The third kappa shape index (κ3) is 1.69. The summed E-state index contributed by atoms with van der Waals surface area (Å²) in [4.78, 5) is 27.2. The Bertz CT molecular complexity index is 594. The smallest absolute Gasteiger partial charge is 0.232 e. The third-order valence-electron chi connectivity index (χ3n) is 4.66. The highest BCUT2D eigenvalue weighted by molar-refractivity contribution is 5.99. The van der Waals surface area contributed by atoms with E-state index in [1.165, 1.54) is 0 Å². The maximum absolute atomic E-state index is 4.58. The summed E-state index contributed by atoms with van der Waals surface area (Å²) in [5.41, 5.74) is 1.02. The van der Waals surface area contributed by atoms with Crippen LogP contribution in [0.1, 0.15) is 0 Å². The zero-order chi connectivity index (χ0) is 14.5. The molecule has 1 aromatic rings. The van der Waals surface area contributed by atoms with Gasteiger partial charge in [-0.3, -0.25) is 14.9 Å². The molecule has 5 heterocycles. The SMILES string of the molecule is c1nc(N2CCN3CCN=C32)ncc1N1CCN2CCN=C21. The van der Waals surface area contributed by atoms with E-state index in [2.05, 4.69) is 39.6 Å². The van der Waals surface area contributed by atoms with Gasteiger partial charge >= 0.3 is 0 Å². The number of rotatable bonds is 2. The normalized spacial score (nSPS) is 23.1.